The first-order valence-corrected chi connectivity index (χ1v) is 8.65. The number of carbonyl (C=O) groups is 1. The van der Waals surface area contributed by atoms with Crippen LogP contribution in [0.1, 0.15) is 65.5 Å². The first kappa shape index (κ1) is 19.3. The van der Waals surface area contributed by atoms with Crippen molar-refractivity contribution in [2.45, 2.75) is 50.3 Å². The van der Waals surface area contributed by atoms with E-state index in [1.807, 2.05) is 0 Å². The summed E-state index contributed by atoms with van der Waals surface area (Å²) in [6.07, 6.45) is -3.77. The Morgan fingerprint density at radius 1 is 1.30 bits per heavy atom. The van der Waals surface area contributed by atoms with Crippen LogP contribution in [-0.4, -0.2) is 27.0 Å². The summed E-state index contributed by atoms with van der Waals surface area (Å²) in [5, 5.41) is 10.0. The van der Waals surface area contributed by atoms with Crippen LogP contribution in [-0.2, 0) is 6.18 Å². The van der Waals surface area contributed by atoms with Crippen LogP contribution in [0.3, 0.4) is 0 Å². The van der Waals surface area contributed by atoms with Crippen LogP contribution in [0.15, 0.2) is 35.1 Å². The Bertz CT molecular complexity index is 884. The van der Waals surface area contributed by atoms with Gasteiger partial charge < -0.3 is 10.1 Å². The summed E-state index contributed by atoms with van der Waals surface area (Å²) in [7, 11) is 0. The molecule has 0 spiro atoms. The fourth-order valence-electron chi connectivity index (χ4n) is 2.96. The highest BCUT2D eigenvalue weighted by Crippen LogP contribution is 2.37. The van der Waals surface area contributed by atoms with Gasteiger partial charge in [0.1, 0.15) is 11.5 Å². The molecule has 0 saturated heterocycles. The lowest BCUT2D eigenvalue weighted by molar-refractivity contribution is -0.137. The SMILES string of the molecule is C[C@H](O)[C@@H](CC(=O)c1cc(=O)[nH]c(C2CC2)n1)c1ccc(C(F)(F)F)cc1. The van der Waals surface area contributed by atoms with Gasteiger partial charge in [0.25, 0.3) is 5.56 Å². The van der Waals surface area contributed by atoms with Crippen molar-refractivity contribution in [1.82, 2.24) is 9.97 Å². The Balaban J connectivity index is 1.82. The zero-order valence-corrected chi connectivity index (χ0v) is 14.6. The minimum Gasteiger partial charge on any atom is -0.393 e. The summed E-state index contributed by atoms with van der Waals surface area (Å²) in [5.41, 5.74) is -0.789. The van der Waals surface area contributed by atoms with Gasteiger partial charge in [-0.05, 0) is 37.5 Å². The summed E-state index contributed by atoms with van der Waals surface area (Å²) in [4.78, 5) is 31.2. The molecule has 2 atom stereocenters. The molecule has 0 aliphatic heterocycles. The number of alkyl halides is 3. The number of nitrogens with zero attached hydrogens (tertiary/aromatic N) is 1. The van der Waals surface area contributed by atoms with Crippen molar-refractivity contribution in [2.24, 2.45) is 0 Å². The van der Waals surface area contributed by atoms with E-state index in [1.165, 1.54) is 19.1 Å². The van der Waals surface area contributed by atoms with Crippen molar-refractivity contribution >= 4 is 5.78 Å². The van der Waals surface area contributed by atoms with Gasteiger partial charge in [0.2, 0.25) is 0 Å². The Labute approximate surface area is 153 Å². The minimum atomic E-state index is -4.46. The molecule has 1 aliphatic carbocycles. The van der Waals surface area contributed by atoms with E-state index in [1.54, 1.807) is 0 Å². The Hall–Kier alpha value is -2.48. The fraction of sp³-hybridized carbons (Fsp3) is 0.421. The standard InChI is InChI=1S/C19H19F3N2O3/c1-10(25)14(11-4-6-13(7-5-11)19(20,21)22)8-16(26)15-9-17(27)24-18(23-15)12-2-3-12/h4-7,9-10,12,14,25H,2-3,8H2,1H3,(H,23,24,27)/t10-,14+/m0/s1. The van der Waals surface area contributed by atoms with E-state index in [4.69, 9.17) is 0 Å². The number of Topliss-reactive ketones (excluding diaryl/α,β-unsaturated/α-hetero) is 1. The first-order chi connectivity index (χ1) is 12.6. The quantitative estimate of drug-likeness (QED) is 0.753. The summed E-state index contributed by atoms with van der Waals surface area (Å²) in [6, 6.07) is 5.47. The lowest BCUT2D eigenvalue weighted by Gasteiger charge is -2.20. The van der Waals surface area contributed by atoms with Crippen molar-refractivity contribution in [3.63, 3.8) is 0 Å². The van der Waals surface area contributed by atoms with Gasteiger partial charge in [-0.3, -0.25) is 9.59 Å². The smallest absolute Gasteiger partial charge is 0.393 e. The van der Waals surface area contributed by atoms with Crippen LogP contribution in [0.2, 0.25) is 0 Å². The van der Waals surface area contributed by atoms with Gasteiger partial charge in [-0.25, -0.2) is 4.98 Å². The first-order valence-electron chi connectivity index (χ1n) is 8.65. The van der Waals surface area contributed by atoms with E-state index in [-0.39, 0.29) is 18.0 Å². The molecular formula is C19H19F3N2O3. The van der Waals surface area contributed by atoms with Gasteiger partial charge in [-0.2, -0.15) is 13.2 Å². The van der Waals surface area contributed by atoms with Crippen molar-refractivity contribution in [2.75, 3.05) is 0 Å². The number of aliphatic hydroxyl groups excluding tert-OH is 1. The van der Waals surface area contributed by atoms with Gasteiger partial charge in [-0.15, -0.1) is 0 Å². The number of hydrogen-bond donors (Lipinski definition) is 2. The third-order valence-electron chi connectivity index (χ3n) is 4.66. The second-order valence-corrected chi connectivity index (χ2v) is 6.88. The second kappa shape index (κ2) is 7.26. The topological polar surface area (TPSA) is 83.0 Å². The van der Waals surface area contributed by atoms with Crippen LogP contribution in [0.25, 0.3) is 0 Å². The second-order valence-electron chi connectivity index (χ2n) is 6.88. The summed E-state index contributed by atoms with van der Waals surface area (Å²) >= 11 is 0. The van der Waals surface area contributed by atoms with Gasteiger partial charge in [0, 0.05) is 24.3 Å². The molecule has 1 saturated carbocycles. The summed E-state index contributed by atoms with van der Waals surface area (Å²) in [6.45, 7) is 1.47. The van der Waals surface area contributed by atoms with Gasteiger partial charge in [0.05, 0.1) is 11.7 Å². The number of aromatic nitrogens is 2. The lowest BCUT2D eigenvalue weighted by Crippen LogP contribution is -2.21. The predicted octanol–water partition coefficient (Wildman–Crippen LogP) is 3.40. The zero-order valence-electron chi connectivity index (χ0n) is 14.6. The molecule has 0 unspecified atom stereocenters. The number of H-pyrrole nitrogens is 1. The monoisotopic (exact) mass is 380 g/mol. The molecule has 0 bridgehead atoms. The molecule has 1 aromatic heterocycles. The predicted molar refractivity (Wildman–Crippen MR) is 91.6 cm³/mol. The molecule has 1 aliphatic rings. The number of nitrogens with one attached hydrogen (secondary N) is 1. The van der Waals surface area contributed by atoms with Crippen molar-refractivity contribution in [3.05, 3.63) is 63.3 Å². The van der Waals surface area contributed by atoms with Crippen LogP contribution < -0.4 is 5.56 Å². The molecule has 5 nitrogen and oxygen atoms in total. The Morgan fingerprint density at radius 3 is 2.44 bits per heavy atom. The van der Waals surface area contributed by atoms with E-state index in [9.17, 15) is 27.9 Å². The van der Waals surface area contributed by atoms with Gasteiger partial charge >= 0.3 is 6.18 Å². The van der Waals surface area contributed by atoms with Crippen LogP contribution in [0.4, 0.5) is 13.2 Å². The molecule has 1 fully saturated rings. The van der Waals surface area contributed by atoms with E-state index in [2.05, 4.69) is 9.97 Å². The average molecular weight is 380 g/mol. The van der Waals surface area contributed by atoms with Crippen molar-refractivity contribution < 1.29 is 23.1 Å². The molecule has 1 aromatic carbocycles. The van der Waals surface area contributed by atoms with Crippen molar-refractivity contribution in [1.29, 1.82) is 0 Å². The molecule has 0 amide bonds. The number of rotatable bonds is 6. The van der Waals surface area contributed by atoms with Crippen LogP contribution >= 0.6 is 0 Å². The van der Waals surface area contributed by atoms with E-state index >= 15 is 0 Å². The number of halogens is 3. The number of carbonyl (C=O) groups excluding carboxylic acids is 1. The molecule has 27 heavy (non-hydrogen) atoms. The number of benzene rings is 1. The van der Waals surface area contributed by atoms with E-state index < -0.39 is 35.1 Å². The number of aromatic amines is 1. The van der Waals surface area contributed by atoms with Gasteiger partial charge in [-0.1, -0.05) is 12.1 Å². The average Bonchev–Trinajstić information content (AvgIpc) is 3.43. The maximum Gasteiger partial charge on any atom is 0.416 e. The highest BCUT2D eigenvalue weighted by atomic mass is 19.4. The highest BCUT2D eigenvalue weighted by Gasteiger charge is 2.31. The van der Waals surface area contributed by atoms with Crippen molar-refractivity contribution in [3.8, 4) is 0 Å². The highest BCUT2D eigenvalue weighted by molar-refractivity contribution is 5.94. The molecule has 1 heterocycles. The van der Waals surface area contributed by atoms with Crippen LogP contribution in [0, 0.1) is 0 Å². The number of ketones is 1. The number of hydrogen-bond acceptors (Lipinski definition) is 4. The molecule has 2 N–H and O–H groups in total. The largest absolute Gasteiger partial charge is 0.416 e. The summed E-state index contributed by atoms with van der Waals surface area (Å²) in [5.74, 6) is -0.499. The van der Waals surface area contributed by atoms with E-state index in [0.29, 0.717) is 11.4 Å². The molecule has 8 heteroatoms. The molecule has 144 valence electrons. The lowest BCUT2D eigenvalue weighted by atomic mass is 9.88. The normalized spacial score (nSPS) is 16.8. The summed E-state index contributed by atoms with van der Waals surface area (Å²) < 4.78 is 38.1. The third kappa shape index (κ3) is 4.63. The fourth-order valence-corrected chi connectivity index (χ4v) is 2.96. The maximum absolute atomic E-state index is 12.7. The van der Waals surface area contributed by atoms with Gasteiger partial charge in [0.15, 0.2) is 5.78 Å². The zero-order chi connectivity index (χ0) is 19.8. The molecule has 3 rings (SSSR count). The molecular weight excluding hydrogens is 361 g/mol. The minimum absolute atomic E-state index is 0.0122. The van der Waals surface area contributed by atoms with E-state index in [0.717, 1.165) is 31.0 Å². The third-order valence-corrected chi connectivity index (χ3v) is 4.66. The Morgan fingerprint density at radius 2 is 1.93 bits per heavy atom. The molecule has 2 aromatic rings. The number of aliphatic hydroxyl groups is 1. The Kier molecular flexibility index (Phi) is 5.19. The van der Waals surface area contributed by atoms with Crippen LogP contribution in [0.5, 0.6) is 0 Å². The maximum atomic E-state index is 12.7. The molecule has 0 radical (unpaired) electrons.